The summed E-state index contributed by atoms with van der Waals surface area (Å²) in [6.07, 6.45) is 11.6. The fourth-order valence-corrected chi connectivity index (χ4v) is 4.04. The van der Waals surface area contributed by atoms with Gasteiger partial charge in [-0.2, -0.15) is 0 Å². The van der Waals surface area contributed by atoms with Gasteiger partial charge in [0.05, 0.1) is 6.10 Å². The van der Waals surface area contributed by atoms with Crippen molar-refractivity contribution in [2.45, 2.75) is 84.3 Å². The molecule has 2 aliphatic carbocycles. The third-order valence-corrected chi connectivity index (χ3v) is 5.34. The van der Waals surface area contributed by atoms with Crippen molar-refractivity contribution in [2.75, 3.05) is 13.2 Å². The maximum Gasteiger partial charge on any atom is 0.0758 e. The van der Waals surface area contributed by atoms with Crippen molar-refractivity contribution in [1.29, 1.82) is 0 Å². The van der Waals surface area contributed by atoms with E-state index in [0.717, 1.165) is 30.9 Å². The smallest absolute Gasteiger partial charge is 0.0758 e. The molecule has 2 rings (SSSR count). The van der Waals surface area contributed by atoms with Crippen molar-refractivity contribution in [1.82, 2.24) is 5.32 Å². The van der Waals surface area contributed by atoms with Gasteiger partial charge in [0.15, 0.2) is 0 Å². The summed E-state index contributed by atoms with van der Waals surface area (Å²) in [5.74, 6) is 2.64. The van der Waals surface area contributed by atoms with Crippen LogP contribution in [0.25, 0.3) is 0 Å². The molecule has 1 N–H and O–H groups in total. The van der Waals surface area contributed by atoms with Gasteiger partial charge in [0, 0.05) is 12.6 Å². The van der Waals surface area contributed by atoms with E-state index in [1.165, 1.54) is 51.4 Å². The summed E-state index contributed by atoms with van der Waals surface area (Å²) in [6, 6.07) is 0.608. The van der Waals surface area contributed by atoms with Gasteiger partial charge >= 0.3 is 0 Å². The van der Waals surface area contributed by atoms with Crippen LogP contribution < -0.4 is 5.32 Å². The first-order valence-corrected chi connectivity index (χ1v) is 9.15. The molecule has 0 aromatic heterocycles. The first kappa shape index (κ1) is 16.3. The third kappa shape index (κ3) is 4.46. The largest absolute Gasteiger partial charge is 0.377 e. The minimum atomic E-state index is 0.479. The van der Waals surface area contributed by atoms with Crippen molar-refractivity contribution < 1.29 is 4.74 Å². The Labute approximate surface area is 126 Å². The molecule has 0 heterocycles. The standard InChI is InChI=1S/C18H35NO/c1-4-12-19-17(18(20-6-3)15-10-11-15)16-9-7-8-14(5-2)13-16/h14-19H,4-13H2,1-3H3. The van der Waals surface area contributed by atoms with Crippen LogP contribution >= 0.6 is 0 Å². The molecule has 0 aromatic carbocycles. The highest BCUT2D eigenvalue weighted by atomic mass is 16.5. The number of hydrogen-bond acceptors (Lipinski definition) is 2. The zero-order valence-corrected chi connectivity index (χ0v) is 13.9. The van der Waals surface area contributed by atoms with Gasteiger partial charge in [-0.1, -0.05) is 33.1 Å². The van der Waals surface area contributed by atoms with E-state index >= 15 is 0 Å². The minimum absolute atomic E-state index is 0.479. The van der Waals surface area contributed by atoms with Gasteiger partial charge in [-0.05, 0) is 63.3 Å². The summed E-state index contributed by atoms with van der Waals surface area (Å²) in [5.41, 5.74) is 0. The van der Waals surface area contributed by atoms with E-state index in [4.69, 9.17) is 4.74 Å². The van der Waals surface area contributed by atoms with Crippen LogP contribution in [0.3, 0.4) is 0 Å². The topological polar surface area (TPSA) is 21.3 Å². The van der Waals surface area contributed by atoms with Crippen LogP contribution in [0.5, 0.6) is 0 Å². The van der Waals surface area contributed by atoms with Crippen LogP contribution in [0.15, 0.2) is 0 Å². The van der Waals surface area contributed by atoms with E-state index in [1.54, 1.807) is 0 Å². The summed E-state index contributed by atoms with van der Waals surface area (Å²) in [4.78, 5) is 0. The van der Waals surface area contributed by atoms with E-state index in [0.29, 0.717) is 12.1 Å². The molecule has 0 bridgehead atoms. The Bertz CT molecular complexity index is 264. The highest BCUT2D eigenvalue weighted by Crippen LogP contribution is 2.41. The summed E-state index contributed by atoms with van der Waals surface area (Å²) < 4.78 is 6.18. The Morgan fingerprint density at radius 1 is 1.05 bits per heavy atom. The quantitative estimate of drug-likeness (QED) is 0.677. The van der Waals surface area contributed by atoms with E-state index in [-0.39, 0.29) is 0 Å². The maximum atomic E-state index is 6.18. The number of hydrogen-bond donors (Lipinski definition) is 1. The summed E-state index contributed by atoms with van der Waals surface area (Å²) in [7, 11) is 0. The molecular weight excluding hydrogens is 246 g/mol. The zero-order valence-electron chi connectivity index (χ0n) is 13.9. The third-order valence-electron chi connectivity index (χ3n) is 5.34. The number of rotatable bonds is 9. The summed E-state index contributed by atoms with van der Waals surface area (Å²) in [5, 5.41) is 3.87. The molecular formula is C18H35NO. The van der Waals surface area contributed by atoms with Gasteiger partial charge < -0.3 is 10.1 Å². The molecule has 2 aliphatic rings. The normalized spacial score (nSPS) is 30.1. The second-order valence-electron chi connectivity index (χ2n) is 6.94. The average Bonchev–Trinajstić information content (AvgIpc) is 3.31. The molecule has 4 atom stereocenters. The van der Waals surface area contributed by atoms with E-state index in [9.17, 15) is 0 Å². The summed E-state index contributed by atoms with van der Waals surface area (Å²) >= 11 is 0. The molecule has 4 unspecified atom stereocenters. The van der Waals surface area contributed by atoms with Crippen LogP contribution in [0.2, 0.25) is 0 Å². The molecule has 2 saturated carbocycles. The Hall–Kier alpha value is -0.0800. The first-order valence-electron chi connectivity index (χ1n) is 9.15. The van der Waals surface area contributed by atoms with Gasteiger partial charge in [-0.15, -0.1) is 0 Å². The molecule has 118 valence electrons. The summed E-state index contributed by atoms with van der Waals surface area (Å²) in [6.45, 7) is 8.81. The Balaban J connectivity index is 2.00. The SMILES string of the molecule is CCCNC(C1CCCC(CC)C1)C(OCC)C1CC1. The fourth-order valence-electron chi connectivity index (χ4n) is 4.04. The highest BCUT2D eigenvalue weighted by Gasteiger charge is 2.41. The molecule has 0 saturated heterocycles. The zero-order chi connectivity index (χ0) is 14.4. The monoisotopic (exact) mass is 281 g/mol. The molecule has 0 aliphatic heterocycles. The van der Waals surface area contributed by atoms with Crippen molar-refractivity contribution in [3.8, 4) is 0 Å². The molecule has 2 nitrogen and oxygen atoms in total. The predicted octanol–water partition coefficient (Wildman–Crippen LogP) is 4.39. The van der Waals surface area contributed by atoms with Gasteiger partial charge in [0.25, 0.3) is 0 Å². The van der Waals surface area contributed by atoms with Gasteiger partial charge in [0.1, 0.15) is 0 Å². The van der Waals surface area contributed by atoms with Gasteiger partial charge in [-0.3, -0.25) is 0 Å². The lowest BCUT2D eigenvalue weighted by molar-refractivity contribution is -0.00622. The fraction of sp³-hybridized carbons (Fsp3) is 1.00. The van der Waals surface area contributed by atoms with Crippen LogP contribution in [0.4, 0.5) is 0 Å². The van der Waals surface area contributed by atoms with Gasteiger partial charge in [-0.25, -0.2) is 0 Å². The maximum absolute atomic E-state index is 6.18. The van der Waals surface area contributed by atoms with Crippen molar-refractivity contribution >= 4 is 0 Å². The van der Waals surface area contributed by atoms with Crippen LogP contribution in [0.1, 0.15) is 72.1 Å². The molecule has 0 spiro atoms. The lowest BCUT2D eigenvalue weighted by Gasteiger charge is -2.39. The Morgan fingerprint density at radius 2 is 1.85 bits per heavy atom. The molecule has 2 fully saturated rings. The number of nitrogens with one attached hydrogen (secondary N) is 1. The molecule has 0 radical (unpaired) electrons. The van der Waals surface area contributed by atoms with Crippen molar-refractivity contribution in [3.05, 3.63) is 0 Å². The van der Waals surface area contributed by atoms with Crippen LogP contribution in [0, 0.1) is 17.8 Å². The Kier molecular flexibility index (Phi) is 6.83. The van der Waals surface area contributed by atoms with Crippen LogP contribution in [-0.2, 0) is 4.74 Å². The van der Waals surface area contributed by atoms with E-state index < -0.39 is 0 Å². The van der Waals surface area contributed by atoms with Crippen LogP contribution in [-0.4, -0.2) is 25.3 Å². The molecule has 0 amide bonds. The van der Waals surface area contributed by atoms with Crippen molar-refractivity contribution in [2.24, 2.45) is 17.8 Å². The highest BCUT2D eigenvalue weighted by molar-refractivity contribution is 4.95. The average molecular weight is 281 g/mol. The van der Waals surface area contributed by atoms with E-state index in [2.05, 4.69) is 26.1 Å². The minimum Gasteiger partial charge on any atom is -0.377 e. The van der Waals surface area contributed by atoms with Crippen molar-refractivity contribution in [3.63, 3.8) is 0 Å². The molecule has 0 aromatic rings. The molecule has 20 heavy (non-hydrogen) atoms. The second kappa shape index (κ2) is 8.38. The number of ether oxygens (including phenoxy) is 1. The van der Waals surface area contributed by atoms with Gasteiger partial charge in [0.2, 0.25) is 0 Å². The lowest BCUT2D eigenvalue weighted by atomic mass is 9.75. The van der Waals surface area contributed by atoms with E-state index in [1.807, 2.05) is 0 Å². The first-order chi connectivity index (χ1) is 9.80. The Morgan fingerprint density at radius 3 is 2.45 bits per heavy atom. The predicted molar refractivity (Wildman–Crippen MR) is 86.0 cm³/mol. The second-order valence-corrected chi connectivity index (χ2v) is 6.94. The lowest BCUT2D eigenvalue weighted by Crippen LogP contribution is -2.49. The molecule has 2 heteroatoms.